The molecule has 0 bridgehead atoms. The minimum absolute atomic E-state index is 0.240. The van der Waals surface area contributed by atoms with E-state index in [-0.39, 0.29) is 5.41 Å². The van der Waals surface area contributed by atoms with Gasteiger partial charge in [0, 0.05) is 18.5 Å². The summed E-state index contributed by atoms with van der Waals surface area (Å²) in [4.78, 5) is 15.2. The SMILES string of the molecule is O=C(N(CCCl)C1CCCC1)C1(c2ccccc2)CC1. The van der Waals surface area contributed by atoms with Gasteiger partial charge in [-0.05, 0) is 31.2 Å². The van der Waals surface area contributed by atoms with Crippen molar-refractivity contribution in [2.45, 2.75) is 50.0 Å². The molecule has 0 aliphatic heterocycles. The molecule has 1 aromatic carbocycles. The van der Waals surface area contributed by atoms with Gasteiger partial charge in [-0.25, -0.2) is 0 Å². The van der Waals surface area contributed by atoms with Crippen LogP contribution in [0.5, 0.6) is 0 Å². The number of nitrogens with zero attached hydrogens (tertiary/aromatic N) is 1. The van der Waals surface area contributed by atoms with Crippen molar-refractivity contribution in [3.8, 4) is 0 Å². The lowest BCUT2D eigenvalue weighted by Gasteiger charge is -2.32. The maximum Gasteiger partial charge on any atom is 0.233 e. The molecule has 0 saturated heterocycles. The number of hydrogen-bond donors (Lipinski definition) is 0. The minimum atomic E-state index is -0.240. The molecule has 1 amide bonds. The maximum atomic E-state index is 13.1. The molecular weight excluding hydrogens is 270 g/mol. The third-order valence-corrected chi connectivity index (χ3v) is 5.01. The maximum absolute atomic E-state index is 13.1. The van der Waals surface area contributed by atoms with Crippen molar-refractivity contribution in [2.75, 3.05) is 12.4 Å². The van der Waals surface area contributed by atoms with Gasteiger partial charge in [-0.3, -0.25) is 4.79 Å². The Kier molecular flexibility index (Phi) is 4.02. The van der Waals surface area contributed by atoms with Gasteiger partial charge < -0.3 is 4.90 Å². The lowest BCUT2D eigenvalue weighted by Crippen LogP contribution is -2.45. The summed E-state index contributed by atoms with van der Waals surface area (Å²) >= 11 is 5.94. The first kappa shape index (κ1) is 13.9. The van der Waals surface area contributed by atoms with Crippen molar-refractivity contribution in [3.63, 3.8) is 0 Å². The highest BCUT2D eigenvalue weighted by molar-refractivity contribution is 6.18. The third-order valence-electron chi connectivity index (χ3n) is 4.84. The molecule has 0 aromatic heterocycles. The lowest BCUT2D eigenvalue weighted by molar-refractivity contribution is -0.136. The van der Waals surface area contributed by atoms with E-state index in [0.29, 0.717) is 24.4 Å². The van der Waals surface area contributed by atoms with Crippen LogP contribution in [0.1, 0.15) is 44.1 Å². The molecule has 3 rings (SSSR count). The second kappa shape index (κ2) is 5.77. The third kappa shape index (κ3) is 2.46. The van der Waals surface area contributed by atoms with E-state index in [1.165, 1.54) is 18.4 Å². The first-order chi connectivity index (χ1) is 9.78. The Morgan fingerprint density at radius 1 is 1.20 bits per heavy atom. The van der Waals surface area contributed by atoms with E-state index in [1.807, 2.05) is 18.2 Å². The summed E-state index contributed by atoms with van der Waals surface area (Å²) < 4.78 is 0. The van der Waals surface area contributed by atoms with Gasteiger partial charge in [0.25, 0.3) is 0 Å². The molecule has 0 spiro atoms. The number of carbonyl (C=O) groups is 1. The molecule has 2 fully saturated rings. The second-order valence-electron chi connectivity index (χ2n) is 6.07. The predicted octanol–water partition coefficient (Wildman–Crippen LogP) is 3.73. The second-order valence-corrected chi connectivity index (χ2v) is 6.45. The summed E-state index contributed by atoms with van der Waals surface area (Å²) in [5, 5.41) is 0. The fourth-order valence-electron chi connectivity index (χ4n) is 3.54. The molecule has 2 aliphatic rings. The van der Waals surface area contributed by atoms with E-state index >= 15 is 0 Å². The van der Waals surface area contributed by atoms with Crippen molar-refractivity contribution in [3.05, 3.63) is 35.9 Å². The van der Waals surface area contributed by atoms with Gasteiger partial charge in [-0.15, -0.1) is 11.6 Å². The van der Waals surface area contributed by atoms with E-state index in [2.05, 4.69) is 17.0 Å². The van der Waals surface area contributed by atoms with Crippen LogP contribution < -0.4 is 0 Å². The number of benzene rings is 1. The summed E-state index contributed by atoms with van der Waals surface area (Å²) in [6, 6.07) is 10.7. The van der Waals surface area contributed by atoms with Crippen LogP contribution in [0.15, 0.2) is 30.3 Å². The van der Waals surface area contributed by atoms with Gasteiger partial charge in [-0.2, -0.15) is 0 Å². The predicted molar refractivity (Wildman–Crippen MR) is 82.0 cm³/mol. The topological polar surface area (TPSA) is 20.3 Å². The molecule has 3 heteroatoms. The Balaban J connectivity index is 1.82. The largest absolute Gasteiger partial charge is 0.338 e. The highest BCUT2D eigenvalue weighted by Gasteiger charge is 2.53. The highest BCUT2D eigenvalue weighted by Crippen LogP contribution is 2.50. The van der Waals surface area contributed by atoms with Crippen LogP contribution in [0.25, 0.3) is 0 Å². The number of rotatable bonds is 5. The fourth-order valence-corrected chi connectivity index (χ4v) is 3.72. The number of hydrogen-bond acceptors (Lipinski definition) is 1. The summed E-state index contributed by atoms with van der Waals surface area (Å²) in [6.45, 7) is 0.694. The molecule has 0 N–H and O–H groups in total. The number of halogens is 1. The summed E-state index contributed by atoms with van der Waals surface area (Å²) in [5.41, 5.74) is 0.943. The highest BCUT2D eigenvalue weighted by atomic mass is 35.5. The monoisotopic (exact) mass is 291 g/mol. The van der Waals surface area contributed by atoms with Crippen LogP contribution in [0.3, 0.4) is 0 Å². The Morgan fingerprint density at radius 2 is 1.85 bits per heavy atom. The molecule has 2 aliphatic carbocycles. The Morgan fingerprint density at radius 3 is 2.40 bits per heavy atom. The van der Waals surface area contributed by atoms with Gasteiger partial charge in [0.05, 0.1) is 5.41 Å². The molecule has 20 heavy (non-hydrogen) atoms. The van der Waals surface area contributed by atoms with Gasteiger partial charge in [0.1, 0.15) is 0 Å². The molecule has 1 aromatic rings. The van der Waals surface area contributed by atoms with E-state index < -0.39 is 0 Å². The van der Waals surface area contributed by atoms with E-state index in [0.717, 1.165) is 25.7 Å². The Hall–Kier alpha value is -1.02. The van der Waals surface area contributed by atoms with Crippen LogP contribution in [0, 0.1) is 0 Å². The molecular formula is C17H22ClNO. The lowest BCUT2D eigenvalue weighted by atomic mass is 9.93. The van der Waals surface area contributed by atoms with E-state index in [1.54, 1.807) is 0 Å². The van der Waals surface area contributed by atoms with Crippen LogP contribution in [0.2, 0.25) is 0 Å². The minimum Gasteiger partial charge on any atom is -0.338 e. The van der Waals surface area contributed by atoms with E-state index in [4.69, 9.17) is 11.6 Å². The van der Waals surface area contributed by atoms with E-state index in [9.17, 15) is 4.79 Å². The standard InChI is InChI=1S/C17H22ClNO/c18-12-13-19(15-8-4-5-9-15)16(20)17(10-11-17)14-6-2-1-3-7-14/h1-3,6-7,15H,4-5,8-13H2. The number of alkyl halides is 1. The Labute approximate surface area is 126 Å². The number of amides is 1. The molecule has 108 valence electrons. The smallest absolute Gasteiger partial charge is 0.233 e. The normalized spacial score (nSPS) is 20.9. The average molecular weight is 292 g/mol. The molecule has 2 saturated carbocycles. The summed E-state index contributed by atoms with van der Waals surface area (Å²) in [5.74, 6) is 0.851. The van der Waals surface area contributed by atoms with Crippen LogP contribution in [-0.2, 0) is 10.2 Å². The van der Waals surface area contributed by atoms with Crippen LogP contribution in [-0.4, -0.2) is 29.3 Å². The van der Waals surface area contributed by atoms with Crippen LogP contribution in [0.4, 0.5) is 0 Å². The quantitative estimate of drug-likeness (QED) is 0.757. The van der Waals surface area contributed by atoms with Gasteiger partial charge >= 0.3 is 0 Å². The zero-order chi connectivity index (χ0) is 14.0. The van der Waals surface area contributed by atoms with Gasteiger partial charge in [-0.1, -0.05) is 43.2 Å². The van der Waals surface area contributed by atoms with Crippen molar-refractivity contribution < 1.29 is 4.79 Å². The first-order valence-corrected chi connectivity index (χ1v) is 8.24. The molecule has 0 radical (unpaired) electrons. The van der Waals surface area contributed by atoms with Gasteiger partial charge in [0.2, 0.25) is 5.91 Å². The first-order valence-electron chi connectivity index (χ1n) is 7.70. The molecule has 0 unspecified atom stereocenters. The summed E-state index contributed by atoms with van der Waals surface area (Å²) in [7, 11) is 0. The van der Waals surface area contributed by atoms with Crippen molar-refractivity contribution in [2.24, 2.45) is 0 Å². The molecule has 2 nitrogen and oxygen atoms in total. The van der Waals surface area contributed by atoms with Crippen molar-refractivity contribution in [1.29, 1.82) is 0 Å². The zero-order valence-electron chi connectivity index (χ0n) is 11.9. The van der Waals surface area contributed by atoms with Crippen LogP contribution >= 0.6 is 11.6 Å². The number of carbonyl (C=O) groups excluding carboxylic acids is 1. The summed E-state index contributed by atoms with van der Waals surface area (Å²) in [6.07, 6.45) is 6.76. The van der Waals surface area contributed by atoms with Crippen molar-refractivity contribution >= 4 is 17.5 Å². The Bertz CT molecular complexity index is 463. The fraction of sp³-hybridized carbons (Fsp3) is 0.588. The van der Waals surface area contributed by atoms with Gasteiger partial charge in [0.15, 0.2) is 0 Å². The van der Waals surface area contributed by atoms with Crippen molar-refractivity contribution in [1.82, 2.24) is 4.90 Å². The zero-order valence-corrected chi connectivity index (χ0v) is 12.6. The average Bonchev–Trinajstić information content (AvgIpc) is 3.13. The molecule has 0 atom stereocenters. The molecule has 0 heterocycles.